The summed E-state index contributed by atoms with van der Waals surface area (Å²) in [6.45, 7) is 9.81. The molecule has 0 saturated carbocycles. The average molecular weight is 263 g/mol. The first-order chi connectivity index (χ1) is 9.15. The molecule has 4 heteroatoms. The molecule has 0 bridgehead atoms. The van der Waals surface area contributed by atoms with Crippen LogP contribution in [0.3, 0.4) is 0 Å². The van der Waals surface area contributed by atoms with Gasteiger partial charge in [0.25, 0.3) is 0 Å². The molecule has 5 atom stereocenters. The van der Waals surface area contributed by atoms with E-state index in [-0.39, 0.29) is 12.1 Å². The van der Waals surface area contributed by atoms with E-state index < -0.39 is 0 Å². The highest BCUT2D eigenvalue weighted by molar-refractivity contribution is 5.13. The molecule has 2 heterocycles. The third-order valence-corrected chi connectivity index (χ3v) is 4.26. The second-order valence-corrected chi connectivity index (χ2v) is 5.59. The molecule has 1 aromatic rings. The number of nitrogens with one attached hydrogen (secondary N) is 1. The summed E-state index contributed by atoms with van der Waals surface area (Å²) in [5, 5.41) is 3.65. The molecule has 0 spiro atoms. The smallest absolute Gasteiger partial charge is 0.115 e. The lowest BCUT2D eigenvalue weighted by Gasteiger charge is -2.29. The van der Waals surface area contributed by atoms with Gasteiger partial charge in [-0.2, -0.15) is 0 Å². The molecule has 19 heavy (non-hydrogen) atoms. The Morgan fingerprint density at radius 1 is 1.21 bits per heavy atom. The molecule has 0 aromatic carbocycles. The number of aromatic nitrogens is 2. The minimum absolute atomic E-state index is 0.263. The van der Waals surface area contributed by atoms with E-state index in [1.54, 1.807) is 6.33 Å². The number of ether oxygens (including phenoxy) is 1. The monoisotopic (exact) mass is 263 g/mol. The van der Waals surface area contributed by atoms with Gasteiger partial charge in [-0.05, 0) is 32.7 Å². The number of nitrogens with zero attached hydrogens (tertiary/aromatic N) is 2. The summed E-state index contributed by atoms with van der Waals surface area (Å²) in [5.74, 6) is 0.997. The Hall–Kier alpha value is -1.00. The minimum Gasteiger partial charge on any atom is -0.375 e. The Labute approximate surface area is 116 Å². The highest BCUT2D eigenvalue weighted by Crippen LogP contribution is 2.40. The molecule has 0 radical (unpaired) electrons. The van der Waals surface area contributed by atoms with Gasteiger partial charge in [-0.3, -0.25) is 0 Å². The fraction of sp³-hybridized carbons (Fsp3) is 0.733. The van der Waals surface area contributed by atoms with Crippen molar-refractivity contribution in [2.75, 3.05) is 6.54 Å². The van der Waals surface area contributed by atoms with Gasteiger partial charge < -0.3 is 10.1 Å². The second-order valence-electron chi connectivity index (χ2n) is 5.59. The lowest BCUT2D eigenvalue weighted by Crippen LogP contribution is -2.35. The first-order valence-corrected chi connectivity index (χ1v) is 7.28. The quantitative estimate of drug-likeness (QED) is 0.887. The summed E-state index contributed by atoms with van der Waals surface area (Å²) in [7, 11) is 0. The Morgan fingerprint density at radius 2 is 1.89 bits per heavy atom. The molecule has 1 N–H and O–H groups in total. The van der Waals surface area contributed by atoms with Crippen molar-refractivity contribution < 1.29 is 4.74 Å². The van der Waals surface area contributed by atoms with Gasteiger partial charge in [0.1, 0.15) is 6.33 Å². The van der Waals surface area contributed by atoms with Crippen LogP contribution in [0, 0.1) is 11.8 Å². The molecular formula is C15H25N3O. The molecule has 2 rings (SSSR count). The Morgan fingerprint density at radius 3 is 2.42 bits per heavy atom. The molecule has 106 valence electrons. The maximum Gasteiger partial charge on any atom is 0.115 e. The van der Waals surface area contributed by atoms with Crippen LogP contribution in [0.5, 0.6) is 0 Å². The summed E-state index contributed by atoms with van der Waals surface area (Å²) in [6.07, 6.45) is 7.12. The summed E-state index contributed by atoms with van der Waals surface area (Å²) in [5.41, 5.74) is 1.16. The largest absolute Gasteiger partial charge is 0.375 e. The first kappa shape index (κ1) is 14.4. The van der Waals surface area contributed by atoms with Crippen LogP contribution in [0.4, 0.5) is 0 Å². The number of hydrogen-bond donors (Lipinski definition) is 1. The maximum absolute atomic E-state index is 5.99. The van der Waals surface area contributed by atoms with Crippen LogP contribution >= 0.6 is 0 Å². The van der Waals surface area contributed by atoms with Crippen LogP contribution in [-0.4, -0.2) is 28.7 Å². The standard InChI is InChI=1S/C15H25N3O/c1-5-6-18-15(13-7-16-9-17-8-13)14-10(2)11(3)19-12(14)4/h7-12,14-15,18H,5-6H2,1-4H3. The van der Waals surface area contributed by atoms with Gasteiger partial charge in [0.05, 0.1) is 12.2 Å². The van der Waals surface area contributed by atoms with Gasteiger partial charge in [-0.1, -0.05) is 13.8 Å². The van der Waals surface area contributed by atoms with E-state index in [1.807, 2.05) is 12.4 Å². The van der Waals surface area contributed by atoms with Crippen molar-refractivity contribution in [2.45, 2.75) is 52.4 Å². The summed E-state index contributed by atoms with van der Waals surface area (Å²) in [4.78, 5) is 8.32. The Balaban J connectivity index is 2.22. The molecule has 1 aliphatic heterocycles. The molecular weight excluding hydrogens is 238 g/mol. The van der Waals surface area contributed by atoms with Crippen molar-refractivity contribution in [3.63, 3.8) is 0 Å². The normalized spacial score (nSPS) is 32.4. The topological polar surface area (TPSA) is 47.0 Å². The molecule has 0 amide bonds. The van der Waals surface area contributed by atoms with E-state index in [0.29, 0.717) is 17.9 Å². The predicted molar refractivity (Wildman–Crippen MR) is 75.7 cm³/mol. The third kappa shape index (κ3) is 3.12. The van der Waals surface area contributed by atoms with Gasteiger partial charge in [0, 0.05) is 29.9 Å². The van der Waals surface area contributed by atoms with E-state index in [1.165, 1.54) is 0 Å². The van der Waals surface area contributed by atoms with Crippen LogP contribution in [0.25, 0.3) is 0 Å². The van der Waals surface area contributed by atoms with Crippen LogP contribution in [-0.2, 0) is 4.74 Å². The number of rotatable bonds is 5. The third-order valence-electron chi connectivity index (χ3n) is 4.26. The van der Waals surface area contributed by atoms with Gasteiger partial charge >= 0.3 is 0 Å². The van der Waals surface area contributed by atoms with Crippen molar-refractivity contribution in [2.24, 2.45) is 11.8 Å². The second kappa shape index (κ2) is 6.44. The first-order valence-electron chi connectivity index (χ1n) is 7.28. The summed E-state index contributed by atoms with van der Waals surface area (Å²) >= 11 is 0. The fourth-order valence-corrected chi connectivity index (χ4v) is 3.12. The molecule has 1 aromatic heterocycles. The minimum atomic E-state index is 0.263. The molecule has 5 unspecified atom stereocenters. The van der Waals surface area contributed by atoms with Gasteiger partial charge in [0.15, 0.2) is 0 Å². The zero-order chi connectivity index (χ0) is 13.8. The van der Waals surface area contributed by atoms with Crippen LogP contribution in [0.15, 0.2) is 18.7 Å². The van der Waals surface area contributed by atoms with Gasteiger partial charge in [0.2, 0.25) is 0 Å². The summed E-state index contributed by atoms with van der Waals surface area (Å²) in [6, 6.07) is 0.274. The zero-order valence-electron chi connectivity index (χ0n) is 12.3. The molecule has 4 nitrogen and oxygen atoms in total. The van der Waals surface area contributed by atoms with Crippen molar-refractivity contribution in [1.29, 1.82) is 0 Å². The fourth-order valence-electron chi connectivity index (χ4n) is 3.12. The zero-order valence-corrected chi connectivity index (χ0v) is 12.3. The van der Waals surface area contributed by atoms with E-state index >= 15 is 0 Å². The van der Waals surface area contributed by atoms with Crippen molar-refractivity contribution in [1.82, 2.24) is 15.3 Å². The molecule has 0 aliphatic carbocycles. The van der Waals surface area contributed by atoms with Crippen LogP contribution in [0.2, 0.25) is 0 Å². The lowest BCUT2D eigenvalue weighted by molar-refractivity contribution is 0.0475. The Bertz CT molecular complexity index is 384. The molecule has 1 aliphatic rings. The van der Waals surface area contributed by atoms with E-state index in [4.69, 9.17) is 4.74 Å². The Kier molecular flexibility index (Phi) is 4.88. The van der Waals surface area contributed by atoms with Crippen molar-refractivity contribution in [3.05, 3.63) is 24.3 Å². The SMILES string of the molecule is CCCNC(c1cncnc1)C1C(C)OC(C)C1C. The van der Waals surface area contributed by atoms with Gasteiger partial charge in [-0.25, -0.2) is 9.97 Å². The van der Waals surface area contributed by atoms with Gasteiger partial charge in [-0.15, -0.1) is 0 Å². The van der Waals surface area contributed by atoms with Crippen LogP contribution in [0.1, 0.15) is 45.7 Å². The van der Waals surface area contributed by atoms with Crippen molar-refractivity contribution in [3.8, 4) is 0 Å². The van der Waals surface area contributed by atoms with E-state index in [9.17, 15) is 0 Å². The van der Waals surface area contributed by atoms with E-state index in [0.717, 1.165) is 18.5 Å². The lowest BCUT2D eigenvalue weighted by atomic mass is 9.81. The van der Waals surface area contributed by atoms with Crippen LogP contribution < -0.4 is 5.32 Å². The highest BCUT2D eigenvalue weighted by Gasteiger charge is 2.42. The number of hydrogen-bond acceptors (Lipinski definition) is 4. The van der Waals surface area contributed by atoms with E-state index in [2.05, 4.69) is 43.0 Å². The molecule has 1 saturated heterocycles. The average Bonchev–Trinajstić information content (AvgIpc) is 2.67. The molecule has 1 fully saturated rings. The highest BCUT2D eigenvalue weighted by atomic mass is 16.5. The summed E-state index contributed by atoms with van der Waals surface area (Å²) < 4.78 is 5.99. The predicted octanol–water partition coefficient (Wildman–Crippen LogP) is 2.58. The van der Waals surface area contributed by atoms with Crippen molar-refractivity contribution >= 4 is 0 Å². The maximum atomic E-state index is 5.99.